The molecule has 1 saturated heterocycles. The first-order chi connectivity index (χ1) is 17.5. The Morgan fingerprint density at radius 2 is 1.70 bits per heavy atom. The number of carbonyl (C=O) groups is 3. The van der Waals surface area contributed by atoms with Gasteiger partial charge in [0.2, 0.25) is 0 Å². The van der Waals surface area contributed by atoms with Gasteiger partial charge >= 0.3 is 5.97 Å². The highest BCUT2D eigenvalue weighted by molar-refractivity contribution is 7.80. The smallest absolute Gasteiger partial charge is 0.341 e. The largest absolute Gasteiger partial charge is 0.465 e. The summed E-state index contributed by atoms with van der Waals surface area (Å²) in [5.41, 5.74) is 0.825. The number of ether oxygens (including phenoxy) is 1. The van der Waals surface area contributed by atoms with E-state index in [1.54, 1.807) is 38.1 Å². The SMILES string of the molecule is COC(=O)c1c(NC(=S)N2CCN(C(=O)c3sc4cc(Cl)ccc4c3Cl)CC2)sc(C(=O)N(C)C)c1C. The number of nitrogens with zero attached hydrogens (tertiary/aromatic N) is 3. The third kappa shape index (κ3) is 5.42. The highest BCUT2D eigenvalue weighted by Gasteiger charge is 2.30. The van der Waals surface area contributed by atoms with E-state index < -0.39 is 5.97 Å². The minimum Gasteiger partial charge on any atom is -0.465 e. The van der Waals surface area contributed by atoms with Crippen molar-refractivity contribution in [1.82, 2.24) is 14.7 Å². The molecule has 2 amide bonds. The van der Waals surface area contributed by atoms with Gasteiger partial charge in [0.25, 0.3) is 11.8 Å². The summed E-state index contributed by atoms with van der Waals surface area (Å²) < 4.78 is 5.81. The number of rotatable bonds is 4. The quantitative estimate of drug-likeness (QED) is 0.325. The normalized spacial score (nSPS) is 13.6. The van der Waals surface area contributed by atoms with E-state index in [9.17, 15) is 14.4 Å². The third-order valence-electron chi connectivity index (χ3n) is 6.00. The van der Waals surface area contributed by atoms with Gasteiger partial charge in [-0.2, -0.15) is 0 Å². The molecular formula is C24H24Cl2N4O4S3. The van der Waals surface area contributed by atoms with Crippen molar-refractivity contribution in [3.8, 4) is 0 Å². The van der Waals surface area contributed by atoms with E-state index in [4.69, 9.17) is 40.2 Å². The number of hydrogen-bond donors (Lipinski definition) is 1. The topological polar surface area (TPSA) is 82.2 Å². The maximum absolute atomic E-state index is 13.2. The van der Waals surface area contributed by atoms with Crippen molar-refractivity contribution < 1.29 is 19.1 Å². The van der Waals surface area contributed by atoms with Gasteiger partial charge in [0.1, 0.15) is 9.88 Å². The lowest BCUT2D eigenvalue weighted by Crippen LogP contribution is -2.51. The minimum atomic E-state index is -0.547. The second-order valence-corrected chi connectivity index (χ2v) is 11.8. The Labute approximate surface area is 237 Å². The van der Waals surface area contributed by atoms with Crippen molar-refractivity contribution in [3.63, 3.8) is 0 Å². The predicted molar refractivity (Wildman–Crippen MR) is 154 cm³/mol. The molecule has 0 radical (unpaired) electrons. The first-order valence-corrected chi connectivity index (χ1v) is 14.0. The van der Waals surface area contributed by atoms with E-state index in [2.05, 4.69) is 5.32 Å². The standard InChI is InChI=1S/C24H24Cl2N4O4S3/c1-12-16(23(33)34-4)20(37-18(12)21(31)28(2)3)27-24(35)30-9-7-29(8-10-30)22(32)19-17(26)14-6-5-13(25)11-15(14)36-19/h5-6,11H,7-10H2,1-4H3,(H,27,35). The summed E-state index contributed by atoms with van der Waals surface area (Å²) in [7, 11) is 4.60. The molecule has 0 aliphatic carbocycles. The van der Waals surface area contributed by atoms with Crippen molar-refractivity contribution in [2.75, 3.05) is 52.7 Å². The van der Waals surface area contributed by atoms with Gasteiger partial charge < -0.3 is 24.8 Å². The van der Waals surface area contributed by atoms with Crippen LogP contribution >= 0.6 is 58.1 Å². The lowest BCUT2D eigenvalue weighted by Gasteiger charge is -2.36. The van der Waals surface area contributed by atoms with E-state index in [1.165, 1.54) is 23.3 Å². The van der Waals surface area contributed by atoms with Crippen LogP contribution in [0.15, 0.2) is 18.2 Å². The molecule has 13 heteroatoms. The molecule has 1 aliphatic heterocycles. The summed E-state index contributed by atoms with van der Waals surface area (Å²) in [6.07, 6.45) is 0. The maximum atomic E-state index is 13.2. The van der Waals surface area contributed by atoms with Crippen molar-refractivity contribution >= 4 is 96.1 Å². The van der Waals surface area contributed by atoms with E-state index in [0.717, 1.165) is 21.4 Å². The summed E-state index contributed by atoms with van der Waals surface area (Å²) in [6.45, 7) is 3.60. The molecule has 4 rings (SSSR count). The second-order valence-electron chi connectivity index (χ2n) is 8.55. The Hall–Kier alpha value is -2.44. The van der Waals surface area contributed by atoms with E-state index in [0.29, 0.717) is 61.7 Å². The number of nitrogens with one attached hydrogen (secondary N) is 1. The fraction of sp³-hybridized carbons (Fsp3) is 0.333. The molecule has 0 bridgehead atoms. The number of carbonyl (C=O) groups excluding carboxylic acids is 3. The summed E-state index contributed by atoms with van der Waals surface area (Å²) in [6, 6.07) is 5.38. The number of thiophene rings is 2. The Kier molecular flexibility index (Phi) is 8.29. The maximum Gasteiger partial charge on any atom is 0.341 e. The van der Waals surface area contributed by atoms with Gasteiger partial charge in [0.05, 0.1) is 22.6 Å². The zero-order valence-electron chi connectivity index (χ0n) is 20.5. The molecule has 1 fully saturated rings. The molecule has 0 saturated carbocycles. The van der Waals surface area contributed by atoms with Crippen LogP contribution in [0, 0.1) is 6.92 Å². The number of methoxy groups -OCH3 is 1. The molecule has 2 aromatic heterocycles. The minimum absolute atomic E-state index is 0.130. The molecule has 0 spiro atoms. The van der Waals surface area contributed by atoms with Crippen LogP contribution in [0.5, 0.6) is 0 Å². The fourth-order valence-electron chi connectivity index (χ4n) is 3.97. The summed E-state index contributed by atoms with van der Waals surface area (Å²) in [5, 5.41) is 5.82. The number of thiocarbonyl (C=S) groups is 1. The van der Waals surface area contributed by atoms with Crippen LogP contribution in [0.2, 0.25) is 10.0 Å². The van der Waals surface area contributed by atoms with Gasteiger partial charge in [-0.1, -0.05) is 29.3 Å². The van der Waals surface area contributed by atoms with Gasteiger partial charge in [-0.15, -0.1) is 22.7 Å². The number of anilines is 1. The molecule has 3 heterocycles. The van der Waals surface area contributed by atoms with Crippen LogP contribution in [0.3, 0.4) is 0 Å². The van der Waals surface area contributed by atoms with E-state index in [1.807, 2.05) is 11.0 Å². The zero-order chi connectivity index (χ0) is 27.0. The number of piperazine rings is 1. The Morgan fingerprint density at radius 1 is 1.05 bits per heavy atom. The van der Waals surface area contributed by atoms with Crippen molar-refractivity contribution in [2.24, 2.45) is 0 Å². The number of amides is 2. The molecule has 196 valence electrons. The molecular weight excluding hydrogens is 575 g/mol. The van der Waals surface area contributed by atoms with Crippen molar-refractivity contribution in [1.29, 1.82) is 0 Å². The second kappa shape index (κ2) is 11.1. The molecule has 1 aliphatic rings. The number of hydrogen-bond acceptors (Lipinski definition) is 7. The van der Waals surface area contributed by atoms with E-state index >= 15 is 0 Å². The van der Waals surface area contributed by atoms with Crippen LogP contribution in [-0.2, 0) is 4.74 Å². The lowest BCUT2D eigenvalue weighted by molar-refractivity contribution is 0.0600. The Balaban J connectivity index is 1.46. The van der Waals surface area contributed by atoms with Gasteiger partial charge in [0.15, 0.2) is 5.11 Å². The zero-order valence-corrected chi connectivity index (χ0v) is 24.5. The molecule has 1 aromatic carbocycles. The number of esters is 1. The third-order valence-corrected chi connectivity index (χ3v) is 9.43. The van der Waals surface area contributed by atoms with Crippen LogP contribution in [0.25, 0.3) is 10.1 Å². The van der Waals surface area contributed by atoms with Crippen LogP contribution in [-0.4, -0.2) is 85.0 Å². The van der Waals surface area contributed by atoms with Gasteiger partial charge in [-0.05, 0) is 36.8 Å². The monoisotopic (exact) mass is 598 g/mol. The highest BCUT2D eigenvalue weighted by atomic mass is 35.5. The fourth-order valence-corrected chi connectivity index (χ4v) is 7.29. The molecule has 0 unspecified atom stereocenters. The van der Waals surface area contributed by atoms with Gasteiger partial charge in [-0.3, -0.25) is 9.59 Å². The lowest BCUT2D eigenvalue weighted by atomic mass is 10.1. The summed E-state index contributed by atoms with van der Waals surface area (Å²) in [4.78, 5) is 44.4. The van der Waals surface area contributed by atoms with Crippen LogP contribution < -0.4 is 5.32 Å². The van der Waals surface area contributed by atoms with Gasteiger partial charge in [0, 0.05) is 55.4 Å². The van der Waals surface area contributed by atoms with Gasteiger partial charge in [-0.25, -0.2) is 4.79 Å². The first-order valence-electron chi connectivity index (χ1n) is 11.2. The number of halogens is 2. The van der Waals surface area contributed by atoms with Crippen LogP contribution in [0.4, 0.5) is 5.00 Å². The average Bonchev–Trinajstić information content (AvgIpc) is 3.38. The predicted octanol–water partition coefficient (Wildman–Crippen LogP) is 5.22. The van der Waals surface area contributed by atoms with Crippen molar-refractivity contribution in [2.45, 2.75) is 6.92 Å². The number of fused-ring (bicyclic) bond motifs is 1. The first kappa shape index (κ1) is 27.6. The molecule has 8 nitrogen and oxygen atoms in total. The highest BCUT2D eigenvalue weighted by Crippen LogP contribution is 2.38. The van der Waals surface area contributed by atoms with Crippen LogP contribution in [0.1, 0.15) is 35.3 Å². The average molecular weight is 600 g/mol. The molecule has 3 aromatic rings. The van der Waals surface area contributed by atoms with E-state index in [-0.39, 0.29) is 17.4 Å². The Morgan fingerprint density at radius 3 is 2.32 bits per heavy atom. The Bertz CT molecular complexity index is 1410. The van der Waals surface area contributed by atoms with Crippen molar-refractivity contribution in [3.05, 3.63) is 49.1 Å². The molecule has 37 heavy (non-hydrogen) atoms. The summed E-state index contributed by atoms with van der Waals surface area (Å²) in [5.74, 6) is -0.885. The number of benzene rings is 1. The summed E-state index contributed by atoms with van der Waals surface area (Å²) >= 11 is 20.7. The molecule has 1 N–H and O–H groups in total. The molecule has 0 atom stereocenters.